The summed E-state index contributed by atoms with van der Waals surface area (Å²) in [5.41, 5.74) is 0.829. The third kappa shape index (κ3) is 3.51. The van der Waals surface area contributed by atoms with E-state index in [0.717, 1.165) is 38.3 Å². The molecule has 1 atom stereocenters. The van der Waals surface area contributed by atoms with Crippen LogP contribution >= 0.6 is 11.5 Å². The lowest BCUT2D eigenvalue weighted by molar-refractivity contribution is 0.0732. The van der Waals surface area contributed by atoms with Crippen molar-refractivity contribution in [1.82, 2.24) is 19.8 Å². The van der Waals surface area contributed by atoms with Gasteiger partial charge in [0.1, 0.15) is 4.88 Å². The first-order chi connectivity index (χ1) is 9.26. The largest absolute Gasteiger partial charge is 0.338 e. The smallest absolute Gasteiger partial charge is 0.267 e. The molecule has 1 aliphatic rings. The van der Waals surface area contributed by atoms with Gasteiger partial charge in [-0.05, 0) is 56.7 Å². The molecule has 0 aromatic carbocycles. The van der Waals surface area contributed by atoms with Gasteiger partial charge in [0.05, 0.1) is 5.69 Å². The third-order valence-corrected chi connectivity index (χ3v) is 4.39. The summed E-state index contributed by atoms with van der Waals surface area (Å²) < 4.78 is 3.91. The minimum atomic E-state index is 0.0972. The molecule has 1 aliphatic heterocycles. The van der Waals surface area contributed by atoms with Crippen LogP contribution in [-0.2, 0) is 6.42 Å². The van der Waals surface area contributed by atoms with Crippen molar-refractivity contribution in [2.75, 3.05) is 26.2 Å². The summed E-state index contributed by atoms with van der Waals surface area (Å²) in [5, 5.41) is 7.43. The molecule has 6 heteroatoms. The number of amides is 1. The van der Waals surface area contributed by atoms with Gasteiger partial charge >= 0.3 is 0 Å². The molecule has 19 heavy (non-hydrogen) atoms. The first-order valence-corrected chi connectivity index (χ1v) is 7.84. The molecule has 1 N–H and O–H groups in total. The predicted molar refractivity (Wildman–Crippen MR) is 76.5 cm³/mol. The quantitative estimate of drug-likeness (QED) is 0.890. The molecule has 0 spiro atoms. The average molecular weight is 282 g/mol. The summed E-state index contributed by atoms with van der Waals surface area (Å²) in [6.07, 6.45) is 3.18. The molecular formula is C13H22N4OS. The summed E-state index contributed by atoms with van der Waals surface area (Å²) in [7, 11) is 0. The molecule has 2 rings (SSSR count). The predicted octanol–water partition coefficient (Wildman–Crippen LogP) is 1.56. The Morgan fingerprint density at radius 1 is 1.53 bits per heavy atom. The van der Waals surface area contributed by atoms with Gasteiger partial charge in [0.25, 0.3) is 5.91 Å². The van der Waals surface area contributed by atoms with Gasteiger partial charge < -0.3 is 10.2 Å². The summed E-state index contributed by atoms with van der Waals surface area (Å²) in [4.78, 5) is 15.2. The number of carbonyl (C=O) groups is 1. The number of rotatable bonds is 5. The number of piperidine rings is 1. The summed E-state index contributed by atoms with van der Waals surface area (Å²) in [6.45, 7) is 7.75. The first kappa shape index (κ1) is 14.4. The zero-order chi connectivity index (χ0) is 13.7. The zero-order valence-electron chi connectivity index (χ0n) is 11.7. The summed E-state index contributed by atoms with van der Waals surface area (Å²) in [6, 6.07) is 0. The molecule has 106 valence electrons. The minimum Gasteiger partial charge on any atom is -0.338 e. The molecule has 0 saturated carbocycles. The van der Waals surface area contributed by atoms with E-state index in [1.807, 2.05) is 18.7 Å². The normalized spacial score (nSPS) is 19.4. The van der Waals surface area contributed by atoms with Crippen LogP contribution in [0.1, 0.15) is 42.1 Å². The van der Waals surface area contributed by atoms with Gasteiger partial charge in [0, 0.05) is 13.1 Å². The van der Waals surface area contributed by atoms with Crippen molar-refractivity contribution in [3.8, 4) is 0 Å². The Morgan fingerprint density at radius 2 is 2.37 bits per heavy atom. The molecular weight excluding hydrogens is 260 g/mol. The maximum Gasteiger partial charge on any atom is 0.267 e. The summed E-state index contributed by atoms with van der Waals surface area (Å²) in [5.74, 6) is 0.670. The Morgan fingerprint density at radius 3 is 3.00 bits per heavy atom. The van der Waals surface area contributed by atoms with Crippen molar-refractivity contribution in [3.63, 3.8) is 0 Å². The van der Waals surface area contributed by atoms with Gasteiger partial charge in [0.2, 0.25) is 0 Å². The van der Waals surface area contributed by atoms with Gasteiger partial charge in [-0.2, -0.15) is 0 Å². The molecule has 0 aliphatic carbocycles. The van der Waals surface area contributed by atoms with Crippen molar-refractivity contribution in [2.24, 2.45) is 5.92 Å². The molecule has 0 bridgehead atoms. The van der Waals surface area contributed by atoms with Crippen LogP contribution in [0.4, 0.5) is 0 Å². The molecule has 5 nitrogen and oxygen atoms in total. The fraction of sp³-hybridized carbons (Fsp3) is 0.769. The molecule has 1 amide bonds. The van der Waals surface area contributed by atoms with Crippen LogP contribution in [0, 0.1) is 5.92 Å². The van der Waals surface area contributed by atoms with E-state index in [2.05, 4.69) is 14.9 Å². The van der Waals surface area contributed by atoms with Crippen LogP contribution in [0.2, 0.25) is 0 Å². The highest BCUT2D eigenvalue weighted by molar-refractivity contribution is 7.07. The standard InChI is InChI=1S/C13H22N4OS/c1-3-11-12(19-16-15-11)13(18)17(4-2)9-10-6-5-7-14-8-10/h10,14H,3-9H2,1-2H3. The number of hydrogen-bond donors (Lipinski definition) is 1. The van der Waals surface area contributed by atoms with Gasteiger partial charge in [-0.3, -0.25) is 4.79 Å². The van der Waals surface area contributed by atoms with E-state index in [1.54, 1.807) is 0 Å². The lowest BCUT2D eigenvalue weighted by atomic mass is 9.99. The number of nitrogens with one attached hydrogen (secondary N) is 1. The Hall–Kier alpha value is -1.01. The summed E-state index contributed by atoms with van der Waals surface area (Å²) >= 11 is 1.22. The average Bonchev–Trinajstić information content (AvgIpc) is 2.93. The Kier molecular flexibility index (Phi) is 5.27. The van der Waals surface area contributed by atoms with Gasteiger partial charge in [-0.1, -0.05) is 11.4 Å². The van der Waals surface area contributed by atoms with Gasteiger partial charge in [-0.15, -0.1) is 5.10 Å². The van der Waals surface area contributed by atoms with E-state index in [4.69, 9.17) is 0 Å². The second-order valence-electron chi connectivity index (χ2n) is 4.96. The lowest BCUT2D eigenvalue weighted by Crippen LogP contribution is -2.41. The van der Waals surface area contributed by atoms with Crippen LogP contribution in [0.5, 0.6) is 0 Å². The van der Waals surface area contributed by atoms with Crippen LogP contribution in [-0.4, -0.2) is 46.6 Å². The van der Waals surface area contributed by atoms with E-state index in [-0.39, 0.29) is 5.91 Å². The Balaban J connectivity index is 2.02. The number of nitrogens with zero attached hydrogens (tertiary/aromatic N) is 3. The zero-order valence-corrected chi connectivity index (χ0v) is 12.5. The van der Waals surface area contributed by atoms with Crippen LogP contribution in [0.3, 0.4) is 0 Å². The Labute approximate surface area is 118 Å². The minimum absolute atomic E-state index is 0.0972. The highest BCUT2D eigenvalue weighted by atomic mass is 32.1. The van der Waals surface area contributed by atoms with Crippen molar-refractivity contribution in [3.05, 3.63) is 10.6 Å². The van der Waals surface area contributed by atoms with Crippen molar-refractivity contribution in [1.29, 1.82) is 0 Å². The van der Waals surface area contributed by atoms with Gasteiger partial charge in [0.15, 0.2) is 0 Å². The highest BCUT2D eigenvalue weighted by Gasteiger charge is 2.24. The maximum absolute atomic E-state index is 12.5. The molecule has 1 fully saturated rings. The van der Waals surface area contributed by atoms with Crippen molar-refractivity contribution < 1.29 is 4.79 Å². The number of carbonyl (C=O) groups excluding carboxylic acids is 1. The molecule has 1 saturated heterocycles. The fourth-order valence-electron chi connectivity index (χ4n) is 2.49. The van der Waals surface area contributed by atoms with Gasteiger partial charge in [-0.25, -0.2) is 0 Å². The number of aromatic nitrogens is 2. The molecule has 0 radical (unpaired) electrons. The van der Waals surface area contributed by atoms with E-state index in [9.17, 15) is 4.79 Å². The van der Waals surface area contributed by atoms with E-state index in [1.165, 1.54) is 24.4 Å². The second-order valence-corrected chi connectivity index (χ2v) is 5.71. The fourth-order valence-corrected chi connectivity index (χ4v) is 3.21. The number of aryl methyl sites for hydroxylation is 1. The Bertz CT molecular complexity index is 415. The third-order valence-electron chi connectivity index (χ3n) is 3.63. The van der Waals surface area contributed by atoms with Crippen molar-refractivity contribution in [2.45, 2.75) is 33.1 Å². The molecule has 2 heterocycles. The molecule has 1 aromatic heterocycles. The molecule has 1 aromatic rings. The van der Waals surface area contributed by atoms with Crippen LogP contribution in [0.15, 0.2) is 0 Å². The highest BCUT2D eigenvalue weighted by Crippen LogP contribution is 2.17. The van der Waals surface area contributed by atoms with E-state index >= 15 is 0 Å². The monoisotopic (exact) mass is 282 g/mol. The second kappa shape index (κ2) is 6.96. The van der Waals surface area contributed by atoms with Crippen LogP contribution in [0.25, 0.3) is 0 Å². The van der Waals surface area contributed by atoms with Crippen molar-refractivity contribution >= 4 is 17.4 Å². The lowest BCUT2D eigenvalue weighted by Gasteiger charge is -2.29. The number of hydrogen-bond acceptors (Lipinski definition) is 5. The van der Waals surface area contributed by atoms with E-state index in [0.29, 0.717) is 10.8 Å². The maximum atomic E-state index is 12.5. The topological polar surface area (TPSA) is 58.1 Å². The van der Waals surface area contributed by atoms with E-state index < -0.39 is 0 Å². The van der Waals surface area contributed by atoms with Crippen LogP contribution < -0.4 is 5.32 Å². The SMILES string of the molecule is CCc1nnsc1C(=O)N(CC)CC1CCCNC1. The molecule has 1 unspecified atom stereocenters. The first-order valence-electron chi connectivity index (χ1n) is 7.07.